The maximum atomic E-state index is 12.4. The summed E-state index contributed by atoms with van der Waals surface area (Å²) in [6.45, 7) is 2.31. The van der Waals surface area contributed by atoms with Crippen molar-refractivity contribution in [1.29, 1.82) is 0 Å². The van der Waals surface area contributed by atoms with Gasteiger partial charge in [-0.25, -0.2) is 0 Å². The summed E-state index contributed by atoms with van der Waals surface area (Å²) in [5.41, 5.74) is 1.91. The second kappa shape index (κ2) is 10.2. The molecular formula is C22H25N3O4S. The molecule has 1 aromatic heterocycles. The highest BCUT2D eigenvalue weighted by Crippen LogP contribution is 2.31. The molecule has 0 aliphatic carbocycles. The molecule has 3 rings (SSSR count). The summed E-state index contributed by atoms with van der Waals surface area (Å²) in [6, 6.07) is 13.6. The van der Waals surface area contributed by atoms with Crippen LogP contribution in [0.25, 0.3) is 11.4 Å². The first-order chi connectivity index (χ1) is 14.5. The average Bonchev–Trinajstić information content (AvgIpc) is 3.22. The highest BCUT2D eigenvalue weighted by atomic mass is 32.2. The largest absolute Gasteiger partial charge is 0.497 e. The Morgan fingerprint density at radius 1 is 1.13 bits per heavy atom. The summed E-state index contributed by atoms with van der Waals surface area (Å²) in [4.78, 5) is 19.6. The van der Waals surface area contributed by atoms with Crippen LogP contribution in [0.3, 0.4) is 0 Å². The normalized spacial score (nSPS) is 10.7. The smallest absolute Gasteiger partial charge is 0.246 e. The molecule has 30 heavy (non-hydrogen) atoms. The van der Waals surface area contributed by atoms with Crippen LogP contribution in [-0.2, 0) is 11.3 Å². The summed E-state index contributed by atoms with van der Waals surface area (Å²) in [7, 11) is 4.89. The second-order valence-corrected chi connectivity index (χ2v) is 7.91. The maximum absolute atomic E-state index is 12.4. The highest BCUT2D eigenvalue weighted by Gasteiger charge is 2.17. The molecule has 0 saturated carbocycles. The third kappa shape index (κ3) is 5.54. The molecule has 7 nitrogen and oxygen atoms in total. The van der Waals surface area contributed by atoms with Crippen molar-refractivity contribution in [1.82, 2.24) is 15.0 Å². The topological polar surface area (TPSA) is 77.7 Å². The van der Waals surface area contributed by atoms with Gasteiger partial charge in [-0.05, 0) is 31.2 Å². The fraction of sp³-hybridized carbons (Fsp3) is 0.318. The Morgan fingerprint density at radius 3 is 2.60 bits per heavy atom. The van der Waals surface area contributed by atoms with Gasteiger partial charge in [0.15, 0.2) is 0 Å². The lowest BCUT2D eigenvalue weighted by atomic mass is 10.2. The van der Waals surface area contributed by atoms with Crippen LogP contribution in [0.1, 0.15) is 17.9 Å². The number of nitrogens with zero attached hydrogens (tertiary/aromatic N) is 3. The van der Waals surface area contributed by atoms with Crippen molar-refractivity contribution in [3.8, 4) is 22.9 Å². The van der Waals surface area contributed by atoms with Gasteiger partial charge in [-0.1, -0.05) is 22.9 Å². The molecule has 0 unspecified atom stereocenters. The first kappa shape index (κ1) is 21.7. The number of carbonyl (C=O) groups excluding carboxylic acids is 1. The van der Waals surface area contributed by atoms with Gasteiger partial charge in [0.05, 0.1) is 26.3 Å². The lowest BCUT2D eigenvalue weighted by Gasteiger charge is -2.14. The second-order valence-electron chi connectivity index (χ2n) is 6.74. The number of aromatic nitrogens is 2. The fourth-order valence-electron chi connectivity index (χ4n) is 2.78. The minimum atomic E-state index is 0.0244. The number of hydrogen-bond acceptors (Lipinski definition) is 7. The molecular weight excluding hydrogens is 402 g/mol. The molecule has 2 aromatic carbocycles. The zero-order chi connectivity index (χ0) is 21.5. The molecule has 0 bridgehead atoms. The number of amides is 1. The van der Waals surface area contributed by atoms with Gasteiger partial charge in [0, 0.05) is 30.2 Å². The zero-order valence-corrected chi connectivity index (χ0v) is 18.4. The zero-order valence-electron chi connectivity index (χ0n) is 17.5. The van der Waals surface area contributed by atoms with Gasteiger partial charge in [-0.3, -0.25) is 4.79 Å². The molecule has 0 N–H and O–H groups in total. The first-order valence-electron chi connectivity index (χ1n) is 9.48. The molecule has 1 amide bonds. The van der Waals surface area contributed by atoms with Crippen LogP contribution >= 0.6 is 11.8 Å². The van der Waals surface area contributed by atoms with E-state index < -0.39 is 0 Å². The molecule has 0 spiro atoms. The molecule has 3 aromatic rings. The number of thioether (sulfide) groups is 1. The Kier molecular flexibility index (Phi) is 7.35. The van der Waals surface area contributed by atoms with Gasteiger partial charge in [-0.15, -0.1) is 11.8 Å². The lowest BCUT2D eigenvalue weighted by Crippen LogP contribution is -2.26. The number of carbonyl (C=O) groups is 1. The van der Waals surface area contributed by atoms with Crippen LogP contribution in [0.2, 0.25) is 0 Å². The summed E-state index contributed by atoms with van der Waals surface area (Å²) < 4.78 is 15.9. The molecule has 0 saturated heterocycles. The molecule has 0 fully saturated rings. The Labute approximate surface area is 180 Å². The Bertz CT molecular complexity index is 988. The van der Waals surface area contributed by atoms with E-state index in [1.807, 2.05) is 6.07 Å². The van der Waals surface area contributed by atoms with E-state index in [1.165, 1.54) is 5.56 Å². The minimum Gasteiger partial charge on any atom is -0.497 e. The van der Waals surface area contributed by atoms with E-state index in [2.05, 4.69) is 41.3 Å². The molecule has 8 heteroatoms. The van der Waals surface area contributed by atoms with E-state index in [-0.39, 0.29) is 12.5 Å². The van der Waals surface area contributed by atoms with Gasteiger partial charge in [0.1, 0.15) is 11.5 Å². The molecule has 0 aliphatic rings. The van der Waals surface area contributed by atoms with E-state index in [4.69, 9.17) is 14.0 Å². The maximum Gasteiger partial charge on any atom is 0.246 e. The van der Waals surface area contributed by atoms with Crippen LogP contribution in [0.15, 0.2) is 51.9 Å². The Hall–Kier alpha value is -3.00. The molecule has 0 aliphatic heterocycles. The number of ether oxygens (including phenoxy) is 2. The van der Waals surface area contributed by atoms with Crippen LogP contribution in [0.4, 0.5) is 0 Å². The van der Waals surface area contributed by atoms with Gasteiger partial charge >= 0.3 is 0 Å². The van der Waals surface area contributed by atoms with Gasteiger partial charge in [-0.2, -0.15) is 4.98 Å². The predicted molar refractivity (Wildman–Crippen MR) is 116 cm³/mol. The number of aryl methyl sites for hydroxylation is 1. The van der Waals surface area contributed by atoms with Gasteiger partial charge in [0.25, 0.3) is 0 Å². The van der Waals surface area contributed by atoms with E-state index in [1.54, 1.807) is 50.1 Å². The van der Waals surface area contributed by atoms with Crippen LogP contribution < -0.4 is 9.47 Å². The van der Waals surface area contributed by atoms with Crippen molar-refractivity contribution < 1.29 is 18.8 Å². The summed E-state index contributed by atoms with van der Waals surface area (Å²) in [6.07, 6.45) is 0.433. The lowest BCUT2D eigenvalue weighted by molar-refractivity contribution is -0.130. The molecule has 0 atom stereocenters. The fourth-order valence-corrected chi connectivity index (χ4v) is 3.63. The van der Waals surface area contributed by atoms with Crippen molar-refractivity contribution in [2.45, 2.75) is 24.8 Å². The molecule has 158 valence electrons. The SMILES string of the molecule is COc1ccc(-c2noc(CN(C)C(=O)CCSc3ccc(C)cc3)n2)c(OC)c1. The number of benzene rings is 2. The number of rotatable bonds is 9. The van der Waals surface area contributed by atoms with E-state index in [0.29, 0.717) is 41.0 Å². The van der Waals surface area contributed by atoms with Gasteiger partial charge < -0.3 is 18.9 Å². The van der Waals surface area contributed by atoms with Crippen molar-refractivity contribution in [3.63, 3.8) is 0 Å². The van der Waals surface area contributed by atoms with E-state index in [9.17, 15) is 4.79 Å². The summed E-state index contributed by atoms with van der Waals surface area (Å²) >= 11 is 1.67. The summed E-state index contributed by atoms with van der Waals surface area (Å²) in [5, 5.41) is 4.02. The van der Waals surface area contributed by atoms with Crippen LogP contribution in [-0.4, -0.2) is 48.0 Å². The minimum absolute atomic E-state index is 0.0244. The third-order valence-electron chi connectivity index (χ3n) is 4.52. The van der Waals surface area contributed by atoms with Crippen molar-refractivity contribution in [2.24, 2.45) is 0 Å². The van der Waals surface area contributed by atoms with Crippen molar-refractivity contribution in [3.05, 3.63) is 53.9 Å². The predicted octanol–water partition coefficient (Wildman–Crippen LogP) is 4.20. The van der Waals surface area contributed by atoms with Crippen molar-refractivity contribution >= 4 is 17.7 Å². The summed E-state index contributed by atoms with van der Waals surface area (Å²) in [5.74, 6) is 2.76. The van der Waals surface area contributed by atoms with Gasteiger partial charge in [0.2, 0.25) is 17.6 Å². The number of methoxy groups -OCH3 is 2. The van der Waals surface area contributed by atoms with E-state index in [0.717, 1.165) is 4.90 Å². The average molecular weight is 428 g/mol. The molecule has 1 heterocycles. The standard InChI is InChI=1S/C22H25N3O4S/c1-15-5-8-17(9-6-15)30-12-11-21(26)25(2)14-20-23-22(24-29-20)18-10-7-16(27-3)13-19(18)28-4/h5-10,13H,11-12,14H2,1-4H3. The third-order valence-corrected chi connectivity index (χ3v) is 5.54. The van der Waals surface area contributed by atoms with Crippen molar-refractivity contribution in [2.75, 3.05) is 27.0 Å². The highest BCUT2D eigenvalue weighted by molar-refractivity contribution is 7.99. The van der Waals surface area contributed by atoms with Crippen LogP contribution in [0, 0.1) is 6.92 Å². The Morgan fingerprint density at radius 2 is 1.90 bits per heavy atom. The Balaban J connectivity index is 1.56. The number of hydrogen-bond donors (Lipinski definition) is 0. The monoisotopic (exact) mass is 427 g/mol. The van der Waals surface area contributed by atoms with E-state index >= 15 is 0 Å². The van der Waals surface area contributed by atoms with Crippen LogP contribution in [0.5, 0.6) is 11.5 Å². The quantitative estimate of drug-likeness (QED) is 0.474. The molecule has 0 radical (unpaired) electrons. The first-order valence-corrected chi connectivity index (χ1v) is 10.5.